The van der Waals surface area contributed by atoms with E-state index in [0.29, 0.717) is 23.0 Å². The molecule has 0 spiro atoms. The Kier molecular flexibility index (Phi) is 5.76. The zero-order valence-electron chi connectivity index (χ0n) is 15.9. The zero-order chi connectivity index (χ0) is 19.4. The van der Waals surface area contributed by atoms with E-state index in [0.717, 1.165) is 22.6 Å². The standard InChI is InChI=1S/C21H22N2O3S/c1-5-23(20(24)16-9-7-6-8-14(16)2)21-22-18(13-27-21)17-12-15(25-3)10-11-19(17)26-4/h6-13H,5H2,1-4H3. The SMILES string of the molecule is CCN(C(=O)c1ccccc1C)c1nc(-c2cc(OC)ccc2OC)cs1. The third kappa shape index (κ3) is 3.80. The normalized spacial score (nSPS) is 10.5. The molecule has 0 saturated carbocycles. The number of methoxy groups -OCH3 is 2. The zero-order valence-corrected chi connectivity index (χ0v) is 16.7. The Balaban J connectivity index is 1.97. The van der Waals surface area contributed by atoms with Crippen molar-refractivity contribution in [2.75, 3.05) is 25.7 Å². The van der Waals surface area contributed by atoms with E-state index in [2.05, 4.69) is 0 Å². The first kappa shape index (κ1) is 18.9. The van der Waals surface area contributed by atoms with Gasteiger partial charge in [0.2, 0.25) is 0 Å². The molecule has 0 bridgehead atoms. The lowest BCUT2D eigenvalue weighted by atomic mass is 10.1. The molecule has 0 unspecified atom stereocenters. The molecule has 2 aromatic carbocycles. The number of thiazole rings is 1. The molecule has 0 saturated heterocycles. The fourth-order valence-electron chi connectivity index (χ4n) is 2.85. The second kappa shape index (κ2) is 8.22. The van der Waals surface area contributed by atoms with Gasteiger partial charge in [-0.05, 0) is 43.7 Å². The Hall–Kier alpha value is -2.86. The summed E-state index contributed by atoms with van der Waals surface area (Å²) < 4.78 is 10.8. The van der Waals surface area contributed by atoms with Gasteiger partial charge >= 0.3 is 0 Å². The van der Waals surface area contributed by atoms with Crippen LogP contribution in [0.1, 0.15) is 22.8 Å². The van der Waals surface area contributed by atoms with Crippen LogP contribution in [-0.4, -0.2) is 31.7 Å². The first-order chi connectivity index (χ1) is 13.1. The maximum atomic E-state index is 13.0. The summed E-state index contributed by atoms with van der Waals surface area (Å²) in [5, 5.41) is 2.59. The largest absolute Gasteiger partial charge is 0.497 e. The third-order valence-corrected chi connectivity index (χ3v) is 5.21. The van der Waals surface area contributed by atoms with Crippen LogP contribution in [0.5, 0.6) is 11.5 Å². The molecule has 0 aliphatic rings. The van der Waals surface area contributed by atoms with Crippen molar-refractivity contribution < 1.29 is 14.3 Å². The van der Waals surface area contributed by atoms with Gasteiger partial charge in [0.15, 0.2) is 5.13 Å². The summed E-state index contributed by atoms with van der Waals surface area (Å²) >= 11 is 1.44. The van der Waals surface area contributed by atoms with E-state index in [1.54, 1.807) is 19.1 Å². The van der Waals surface area contributed by atoms with Crippen LogP contribution in [0.15, 0.2) is 47.8 Å². The minimum absolute atomic E-state index is 0.0471. The molecule has 0 aliphatic heterocycles. The Morgan fingerprint density at radius 3 is 2.59 bits per heavy atom. The van der Waals surface area contributed by atoms with Crippen molar-refractivity contribution in [1.29, 1.82) is 0 Å². The van der Waals surface area contributed by atoms with Crippen LogP contribution < -0.4 is 14.4 Å². The summed E-state index contributed by atoms with van der Waals surface area (Å²) in [5.41, 5.74) is 3.22. The van der Waals surface area contributed by atoms with E-state index in [1.807, 2.05) is 61.7 Å². The number of hydrogen-bond donors (Lipinski definition) is 0. The first-order valence-corrected chi connectivity index (χ1v) is 9.52. The van der Waals surface area contributed by atoms with Gasteiger partial charge < -0.3 is 9.47 Å². The predicted octanol–water partition coefficient (Wildman–Crippen LogP) is 4.80. The number of ether oxygens (including phenoxy) is 2. The van der Waals surface area contributed by atoms with Crippen molar-refractivity contribution in [2.45, 2.75) is 13.8 Å². The van der Waals surface area contributed by atoms with Crippen LogP contribution in [0.3, 0.4) is 0 Å². The van der Waals surface area contributed by atoms with Gasteiger partial charge in [-0.1, -0.05) is 18.2 Å². The Morgan fingerprint density at radius 2 is 1.93 bits per heavy atom. The van der Waals surface area contributed by atoms with Crippen molar-refractivity contribution in [1.82, 2.24) is 4.98 Å². The number of aryl methyl sites for hydroxylation is 1. The average Bonchev–Trinajstić information content (AvgIpc) is 3.18. The van der Waals surface area contributed by atoms with E-state index in [1.165, 1.54) is 11.3 Å². The molecular weight excluding hydrogens is 360 g/mol. The number of amides is 1. The number of hydrogen-bond acceptors (Lipinski definition) is 5. The fraction of sp³-hybridized carbons (Fsp3) is 0.238. The molecule has 3 aromatic rings. The van der Waals surface area contributed by atoms with Crippen LogP contribution in [0.25, 0.3) is 11.3 Å². The second-order valence-electron chi connectivity index (χ2n) is 5.95. The molecule has 0 fully saturated rings. The summed E-state index contributed by atoms with van der Waals surface area (Å²) in [4.78, 5) is 19.4. The molecule has 0 atom stereocenters. The molecular formula is C21H22N2O3S. The lowest BCUT2D eigenvalue weighted by Crippen LogP contribution is -2.31. The molecule has 1 amide bonds. The van der Waals surface area contributed by atoms with Gasteiger partial charge in [0.05, 0.1) is 19.9 Å². The maximum Gasteiger partial charge on any atom is 0.260 e. The van der Waals surface area contributed by atoms with Crippen molar-refractivity contribution in [3.05, 3.63) is 59.0 Å². The van der Waals surface area contributed by atoms with Gasteiger partial charge in [0.1, 0.15) is 11.5 Å². The topological polar surface area (TPSA) is 51.7 Å². The van der Waals surface area contributed by atoms with Crippen molar-refractivity contribution in [2.24, 2.45) is 0 Å². The quantitative estimate of drug-likeness (QED) is 0.614. The maximum absolute atomic E-state index is 13.0. The van der Waals surface area contributed by atoms with Crippen LogP contribution in [0, 0.1) is 6.92 Å². The fourth-order valence-corrected chi connectivity index (χ4v) is 3.74. The third-order valence-electron chi connectivity index (χ3n) is 4.34. The van der Waals surface area contributed by atoms with Gasteiger partial charge in [0, 0.05) is 23.1 Å². The Labute approximate surface area is 163 Å². The highest BCUT2D eigenvalue weighted by atomic mass is 32.1. The highest BCUT2D eigenvalue weighted by molar-refractivity contribution is 7.14. The summed E-state index contributed by atoms with van der Waals surface area (Å²) in [6.07, 6.45) is 0. The second-order valence-corrected chi connectivity index (χ2v) is 6.78. The number of rotatable bonds is 6. The molecule has 3 rings (SSSR count). The van der Waals surface area contributed by atoms with E-state index in [-0.39, 0.29) is 5.91 Å². The minimum atomic E-state index is -0.0471. The number of carbonyl (C=O) groups is 1. The van der Waals surface area contributed by atoms with Gasteiger partial charge in [-0.2, -0.15) is 0 Å². The lowest BCUT2D eigenvalue weighted by Gasteiger charge is -2.18. The van der Waals surface area contributed by atoms with Crippen molar-refractivity contribution in [3.63, 3.8) is 0 Å². The molecule has 0 radical (unpaired) electrons. The summed E-state index contributed by atoms with van der Waals surface area (Å²) in [6, 6.07) is 13.2. The van der Waals surface area contributed by atoms with Crippen LogP contribution in [0.4, 0.5) is 5.13 Å². The smallest absolute Gasteiger partial charge is 0.260 e. The van der Waals surface area contributed by atoms with E-state index in [9.17, 15) is 4.79 Å². The summed E-state index contributed by atoms with van der Waals surface area (Å²) in [7, 11) is 3.25. The summed E-state index contributed by atoms with van der Waals surface area (Å²) in [5.74, 6) is 1.39. The van der Waals surface area contributed by atoms with Crippen molar-refractivity contribution in [3.8, 4) is 22.8 Å². The van der Waals surface area contributed by atoms with Crippen molar-refractivity contribution >= 4 is 22.4 Å². The van der Waals surface area contributed by atoms with E-state index in [4.69, 9.17) is 14.5 Å². The van der Waals surface area contributed by atoms with Gasteiger partial charge in [0.25, 0.3) is 5.91 Å². The monoisotopic (exact) mass is 382 g/mol. The number of nitrogens with zero attached hydrogens (tertiary/aromatic N) is 2. The lowest BCUT2D eigenvalue weighted by molar-refractivity contribution is 0.0987. The number of carbonyl (C=O) groups excluding carboxylic acids is 1. The predicted molar refractivity (Wildman–Crippen MR) is 109 cm³/mol. The minimum Gasteiger partial charge on any atom is -0.497 e. The number of aromatic nitrogens is 1. The molecule has 1 aromatic heterocycles. The highest BCUT2D eigenvalue weighted by Gasteiger charge is 2.21. The molecule has 0 N–H and O–H groups in total. The average molecular weight is 382 g/mol. The van der Waals surface area contributed by atoms with E-state index >= 15 is 0 Å². The van der Waals surface area contributed by atoms with Crippen LogP contribution >= 0.6 is 11.3 Å². The molecule has 140 valence electrons. The number of benzene rings is 2. The Bertz CT molecular complexity index is 952. The van der Waals surface area contributed by atoms with Gasteiger partial charge in [-0.25, -0.2) is 4.98 Å². The van der Waals surface area contributed by atoms with Crippen LogP contribution in [-0.2, 0) is 0 Å². The molecule has 5 nitrogen and oxygen atoms in total. The molecule has 27 heavy (non-hydrogen) atoms. The van der Waals surface area contributed by atoms with Crippen LogP contribution in [0.2, 0.25) is 0 Å². The first-order valence-electron chi connectivity index (χ1n) is 8.64. The highest BCUT2D eigenvalue weighted by Crippen LogP contribution is 2.36. The molecule has 0 aliphatic carbocycles. The van der Waals surface area contributed by atoms with Gasteiger partial charge in [-0.15, -0.1) is 11.3 Å². The van der Waals surface area contributed by atoms with Gasteiger partial charge in [-0.3, -0.25) is 9.69 Å². The summed E-state index contributed by atoms with van der Waals surface area (Å²) in [6.45, 7) is 4.42. The van der Waals surface area contributed by atoms with E-state index < -0.39 is 0 Å². The molecule has 1 heterocycles. The Morgan fingerprint density at radius 1 is 1.15 bits per heavy atom. The molecule has 6 heteroatoms. The number of anilines is 1.